The van der Waals surface area contributed by atoms with Crippen LogP contribution >= 0.6 is 35.3 Å². The van der Waals surface area contributed by atoms with E-state index >= 15 is 0 Å². The average molecular weight is 480 g/mol. The third kappa shape index (κ3) is 8.23. The molecular weight excluding hydrogens is 447 g/mol. The summed E-state index contributed by atoms with van der Waals surface area (Å²) in [6.07, 6.45) is 0.227. The average Bonchev–Trinajstić information content (AvgIpc) is 2.95. The molecule has 7 heteroatoms. The number of ether oxygens (including phenoxy) is 1. The zero-order valence-electron chi connectivity index (χ0n) is 15.9. The van der Waals surface area contributed by atoms with Gasteiger partial charge in [-0.25, -0.2) is 4.99 Å². The number of rotatable bonds is 7. The van der Waals surface area contributed by atoms with Crippen molar-refractivity contribution in [2.24, 2.45) is 10.9 Å². The summed E-state index contributed by atoms with van der Waals surface area (Å²) in [5.41, 5.74) is 1.32. The molecule has 1 aliphatic heterocycles. The number of aliphatic imine (C=N–C) groups is 1. The summed E-state index contributed by atoms with van der Waals surface area (Å²) in [5.74, 6) is 1.57. The standard InChI is InChI=1S/C18H32N4OS.HI/c1-5-19-18(21-11-17-15(4)6-9-24-17)20-10-16-13-22(7-8-23-16)12-14(2)3;/h6,9,14,16H,5,7-8,10-13H2,1-4H3,(H2,19,20,21);1H. The summed E-state index contributed by atoms with van der Waals surface area (Å²) in [7, 11) is 0. The molecule has 2 N–H and O–H groups in total. The molecule has 1 aromatic rings. The van der Waals surface area contributed by atoms with E-state index in [1.165, 1.54) is 10.4 Å². The van der Waals surface area contributed by atoms with E-state index in [9.17, 15) is 0 Å². The molecule has 144 valence electrons. The Labute approximate surface area is 173 Å². The smallest absolute Gasteiger partial charge is 0.191 e. The van der Waals surface area contributed by atoms with Crippen LogP contribution in [0.5, 0.6) is 0 Å². The van der Waals surface area contributed by atoms with E-state index in [-0.39, 0.29) is 30.1 Å². The number of nitrogens with zero attached hydrogens (tertiary/aromatic N) is 2. The van der Waals surface area contributed by atoms with Gasteiger partial charge in [0, 0.05) is 37.6 Å². The molecule has 0 amide bonds. The van der Waals surface area contributed by atoms with Gasteiger partial charge < -0.3 is 15.4 Å². The first-order valence-electron chi connectivity index (χ1n) is 8.97. The van der Waals surface area contributed by atoms with Crippen molar-refractivity contribution >= 4 is 41.3 Å². The second kappa shape index (κ2) is 12.1. The SMILES string of the molecule is CCNC(=NCc1sccc1C)NCC1CN(CC(C)C)CCO1.I. The Bertz CT molecular complexity index is 521. The first-order chi connectivity index (χ1) is 11.6. The maximum atomic E-state index is 5.90. The minimum atomic E-state index is 0. The van der Waals surface area contributed by atoms with Gasteiger partial charge in [-0.2, -0.15) is 0 Å². The van der Waals surface area contributed by atoms with Crippen LogP contribution in [0.4, 0.5) is 0 Å². The van der Waals surface area contributed by atoms with Gasteiger partial charge in [-0.05, 0) is 36.8 Å². The molecule has 1 aromatic heterocycles. The van der Waals surface area contributed by atoms with Crippen molar-refractivity contribution in [3.05, 3.63) is 21.9 Å². The van der Waals surface area contributed by atoms with Gasteiger partial charge in [-0.1, -0.05) is 13.8 Å². The molecule has 25 heavy (non-hydrogen) atoms. The molecule has 1 unspecified atom stereocenters. The fourth-order valence-corrected chi connectivity index (χ4v) is 3.68. The van der Waals surface area contributed by atoms with Crippen molar-refractivity contribution < 1.29 is 4.74 Å². The maximum absolute atomic E-state index is 5.90. The second-order valence-electron chi connectivity index (χ2n) is 6.75. The highest BCUT2D eigenvalue weighted by atomic mass is 127. The van der Waals surface area contributed by atoms with E-state index in [0.29, 0.717) is 5.92 Å². The van der Waals surface area contributed by atoms with Gasteiger partial charge in [0.15, 0.2) is 5.96 Å². The summed E-state index contributed by atoms with van der Waals surface area (Å²) in [6.45, 7) is 15.2. The molecule has 0 radical (unpaired) electrons. The van der Waals surface area contributed by atoms with Crippen LogP contribution in [0.25, 0.3) is 0 Å². The number of hydrogen-bond acceptors (Lipinski definition) is 4. The maximum Gasteiger partial charge on any atom is 0.191 e. The fourth-order valence-electron chi connectivity index (χ4n) is 2.86. The zero-order chi connectivity index (χ0) is 17.4. The Balaban J connectivity index is 0.00000312. The molecule has 0 saturated carbocycles. The summed E-state index contributed by atoms with van der Waals surface area (Å²) in [4.78, 5) is 8.53. The summed E-state index contributed by atoms with van der Waals surface area (Å²) >= 11 is 1.77. The van der Waals surface area contributed by atoms with E-state index < -0.39 is 0 Å². The lowest BCUT2D eigenvalue weighted by atomic mass is 10.2. The van der Waals surface area contributed by atoms with Crippen molar-refractivity contribution in [1.29, 1.82) is 0 Å². The Morgan fingerprint density at radius 2 is 2.24 bits per heavy atom. The number of guanidine groups is 1. The lowest BCUT2D eigenvalue weighted by Crippen LogP contribution is -2.50. The molecule has 0 spiro atoms. The van der Waals surface area contributed by atoms with Crippen LogP contribution in [0.15, 0.2) is 16.4 Å². The normalized spacial score (nSPS) is 18.9. The number of nitrogens with one attached hydrogen (secondary N) is 2. The Morgan fingerprint density at radius 3 is 2.88 bits per heavy atom. The highest BCUT2D eigenvalue weighted by Crippen LogP contribution is 2.16. The van der Waals surface area contributed by atoms with Crippen molar-refractivity contribution in [3.8, 4) is 0 Å². The van der Waals surface area contributed by atoms with Gasteiger partial charge in [0.1, 0.15) is 0 Å². The lowest BCUT2D eigenvalue weighted by molar-refractivity contribution is -0.0284. The van der Waals surface area contributed by atoms with Crippen molar-refractivity contribution in [1.82, 2.24) is 15.5 Å². The Hall–Kier alpha value is -0.380. The van der Waals surface area contributed by atoms with Crippen LogP contribution in [0.2, 0.25) is 0 Å². The van der Waals surface area contributed by atoms with Gasteiger partial charge >= 0.3 is 0 Å². The predicted molar refractivity (Wildman–Crippen MR) is 118 cm³/mol. The number of halogens is 1. The first-order valence-corrected chi connectivity index (χ1v) is 9.85. The number of aryl methyl sites for hydroxylation is 1. The Morgan fingerprint density at radius 1 is 1.44 bits per heavy atom. The molecule has 0 aromatic carbocycles. The van der Waals surface area contributed by atoms with Crippen LogP contribution in [0.1, 0.15) is 31.2 Å². The minimum Gasteiger partial charge on any atom is -0.374 e. The lowest BCUT2D eigenvalue weighted by Gasteiger charge is -2.34. The molecular formula is C18H33IN4OS. The van der Waals surface area contributed by atoms with Crippen LogP contribution < -0.4 is 10.6 Å². The van der Waals surface area contributed by atoms with E-state index in [1.54, 1.807) is 11.3 Å². The zero-order valence-corrected chi connectivity index (χ0v) is 19.0. The largest absolute Gasteiger partial charge is 0.374 e. The molecule has 1 aliphatic rings. The number of morpholine rings is 1. The van der Waals surface area contributed by atoms with Gasteiger partial charge in [0.25, 0.3) is 0 Å². The van der Waals surface area contributed by atoms with Crippen molar-refractivity contribution in [2.45, 2.75) is 40.3 Å². The second-order valence-corrected chi connectivity index (χ2v) is 7.75. The molecule has 0 aliphatic carbocycles. The van der Waals surface area contributed by atoms with Gasteiger partial charge in [-0.15, -0.1) is 35.3 Å². The molecule has 1 saturated heterocycles. The fraction of sp³-hybridized carbons (Fsp3) is 0.722. The minimum absolute atomic E-state index is 0. The molecule has 2 rings (SSSR count). The summed E-state index contributed by atoms with van der Waals surface area (Å²) in [6, 6.07) is 2.15. The predicted octanol–water partition coefficient (Wildman–Crippen LogP) is 3.09. The molecule has 5 nitrogen and oxygen atoms in total. The van der Waals surface area contributed by atoms with E-state index in [0.717, 1.165) is 51.8 Å². The molecule has 1 atom stereocenters. The number of thiophene rings is 1. The summed E-state index contributed by atoms with van der Waals surface area (Å²) < 4.78 is 5.90. The van der Waals surface area contributed by atoms with Gasteiger partial charge in [0.2, 0.25) is 0 Å². The van der Waals surface area contributed by atoms with Crippen LogP contribution in [-0.2, 0) is 11.3 Å². The first kappa shape index (κ1) is 22.7. The molecule has 0 bridgehead atoms. The van der Waals surface area contributed by atoms with Crippen LogP contribution in [0, 0.1) is 12.8 Å². The monoisotopic (exact) mass is 480 g/mol. The van der Waals surface area contributed by atoms with Gasteiger partial charge in [0.05, 0.1) is 19.3 Å². The molecule has 1 fully saturated rings. The van der Waals surface area contributed by atoms with Crippen molar-refractivity contribution in [3.63, 3.8) is 0 Å². The topological polar surface area (TPSA) is 48.9 Å². The molecule has 2 heterocycles. The Kier molecular flexibility index (Phi) is 11.0. The van der Waals surface area contributed by atoms with Crippen molar-refractivity contribution in [2.75, 3.05) is 39.3 Å². The number of hydrogen-bond donors (Lipinski definition) is 2. The third-order valence-corrected chi connectivity index (χ3v) is 5.04. The highest BCUT2D eigenvalue weighted by Gasteiger charge is 2.21. The highest BCUT2D eigenvalue weighted by molar-refractivity contribution is 14.0. The van der Waals surface area contributed by atoms with E-state index in [2.05, 4.69) is 54.7 Å². The van der Waals surface area contributed by atoms with Crippen LogP contribution in [-0.4, -0.2) is 56.3 Å². The summed E-state index contributed by atoms with van der Waals surface area (Å²) in [5, 5.41) is 8.88. The quantitative estimate of drug-likeness (QED) is 0.358. The van der Waals surface area contributed by atoms with E-state index in [4.69, 9.17) is 9.73 Å². The van der Waals surface area contributed by atoms with E-state index in [1.807, 2.05) is 0 Å². The third-order valence-electron chi connectivity index (χ3n) is 4.04. The van der Waals surface area contributed by atoms with Crippen LogP contribution in [0.3, 0.4) is 0 Å². The van der Waals surface area contributed by atoms with Gasteiger partial charge in [-0.3, -0.25) is 4.90 Å².